The number of aryl methyl sites for hydroxylation is 1. The van der Waals surface area contributed by atoms with Gasteiger partial charge in [-0.15, -0.1) is 5.10 Å². The van der Waals surface area contributed by atoms with E-state index in [1.807, 2.05) is 37.3 Å². The van der Waals surface area contributed by atoms with Crippen LogP contribution in [0, 0.1) is 6.92 Å². The molecule has 1 aliphatic rings. The summed E-state index contributed by atoms with van der Waals surface area (Å²) in [5.74, 6) is 0.431. The van der Waals surface area contributed by atoms with Crippen LogP contribution in [-0.2, 0) is 0 Å². The molecule has 1 heterocycles. The molecular formula is C22H22Cl2N4O. The van der Waals surface area contributed by atoms with Crippen molar-refractivity contribution in [1.29, 1.82) is 0 Å². The minimum atomic E-state index is -0.253. The minimum Gasteiger partial charge on any atom is -0.347 e. The van der Waals surface area contributed by atoms with Crippen molar-refractivity contribution in [2.45, 2.75) is 45.1 Å². The molecule has 0 radical (unpaired) electrons. The fraction of sp³-hybridized carbons (Fsp3) is 0.318. The van der Waals surface area contributed by atoms with Gasteiger partial charge in [-0.05, 0) is 49.6 Å². The summed E-state index contributed by atoms with van der Waals surface area (Å²) in [7, 11) is 0. The third-order valence-corrected chi connectivity index (χ3v) is 5.88. The fourth-order valence-corrected chi connectivity index (χ4v) is 3.98. The average Bonchev–Trinajstić information content (AvgIpc) is 3.16. The molecule has 0 spiro atoms. The smallest absolute Gasteiger partial charge is 0.291 e. The summed E-state index contributed by atoms with van der Waals surface area (Å²) >= 11 is 12.5. The van der Waals surface area contributed by atoms with Crippen LogP contribution in [0.1, 0.15) is 48.3 Å². The lowest BCUT2D eigenvalue weighted by Crippen LogP contribution is -2.36. The van der Waals surface area contributed by atoms with Crippen LogP contribution in [0.2, 0.25) is 10.0 Å². The Kier molecular flexibility index (Phi) is 5.88. The Bertz CT molecular complexity index is 1040. The summed E-state index contributed by atoms with van der Waals surface area (Å²) in [6, 6.07) is 13.2. The van der Waals surface area contributed by atoms with Crippen molar-refractivity contribution in [3.8, 4) is 17.1 Å². The summed E-state index contributed by atoms with van der Waals surface area (Å²) in [4.78, 5) is 17.4. The SMILES string of the molecule is Cc1ccc(-n2nc(C(=O)NC3CCCCC3)nc2-c2cccc(Cl)c2)cc1Cl. The lowest BCUT2D eigenvalue weighted by atomic mass is 9.95. The van der Waals surface area contributed by atoms with Crippen molar-refractivity contribution >= 4 is 29.1 Å². The van der Waals surface area contributed by atoms with Gasteiger partial charge in [0.05, 0.1) is 5.69 Å². The number of hydrogen-bond donors (Lipinski definition) is 1. The second kappa shape index (κ2) is 8.56. The fourth-order valence-electron chi connectivity index (χ4n) is 3.61. The Balaban J connectivity index is 1.73. The number of hydrogen-bond acceptors (Lipinski definition) is 3. The van der Waals surface area contributed by atoms with Crippen molar-refractivity contribution in [2.75, 3.05) is 0 Å². The molecule has 1 aliphatic carbocycles. The Morgan fingerprint density at radius 3 is 2.62 bits per heavy atom. The normalized spacial score (nSPS) is 14.7. The zero-order valence-electron chi connectivity index (χ0n) is 16.2. The molecule has 1 aromatic heterocycles. The molecule has 1 fully saturated rings. The molecule has 0 aliphatic heterocycles. The van der Waals surface area contributed by atoms with Crippen molar-refractivity contribution in [3.05, 3.63) is 63.9 Å². The van der Waals surface area contributed by atoms with Crippen molar-refractivity contribution in [2.24, 2.45) is 0 Å². The van der Waals surface area contributed by atoms with Gasteiger partial charge in [0.2, 0.25) is 5.82 Å². The van der Waals surface area contributed by atoms with E-state index in [2.05, 4.69) is 15.4 Å². The van der Waals surface area contributed by atoms with Gasteiger partial charge >= 0.3 is 0 Å². The molecule has 4 rings (SSSR count). The maximum absolute atomic E-state index is 12.8. The number of nitrogens with one attached hydrogen (secondary N) is 1. The van der Waals surface area contributed by atoms with Crippen LogP contribution in [0.15, 0.2) is 42.5 Å². The number of rotatable bonds is 4. The standard InChI is InChI=1S/C22H22Cl2N4O/c1-14-10-11-18(13-19(14)24)28-21(15-6-5-7-16(23)12-15)26-20(27-28)22(29)25-17-8-3-2-4-9-17/h5-7,10-13,17H,2-4,8-9H2,1H3,(H,25,29). The highest BCUT2D eigenvalue weighted by atomic mass is 35.5. The second-order valence-electron chi connectivity index (χ2n) is 7.42. The molecule has 3 aromatic rings. The highest BCUT2D eigenvalue weighted by Gasteiger charge is 2.22. The second-order valence-corrected chi connectivity index (χ2v) is 8.27. The van der Waals surface area contributed by atoms with Crippen LogP contribution in [-0.4, -0.2) is 26.7 Å². The van der Waals surface area contributed by atoms with E-state index in [1.165, 1.54) is 6.42 Å². The van der Waals surface area contributed by atoms with Gasteiger partial charge in [0.25, 0.3) is 5.91 Å². The van der Waals surface area contributed by atoms with E-state index in [4.69, 9.17) is 23.2 Å². The molecule has 1 saturated carbocycles. The quantitative estimate of drug-likeness (QED) is 0.586. The average molecular weight is 429 g/mol. The highest BCUT2D eigenvalue weighted by molar-refractivity contribution is 6.31. The molecule has 0 saturated heterocycles. The van der Waals surface area contributed by atoms with Crippen LogP contribution in [0.5, 0.6) is 0 Å². The number of amides is 1. The van der Waals surface area contributed by atoms with Crippen LogP contribution in [0.3, 0.4) is 0 Å². The third kappa shape index (κ3) is 4.46. The molecule has 1 amide bonds. The topological polar surface area (TPSA) is 59.8 Å². The predicted octanol–water partition coefficient (Wildman–Crippen LogP) is 5.61. The maximum Gasteiger partial charge on any atom is 0.291 e. The van der Waals surface area contributed by atoms with E-state index in [1.54, 1.807) is 16.8 Å². The summed E-state index contributed by atoms with van der Waals surface area (Å²) < 4.78 is 1.65. The largest absolute Gasteiger partial charge is 0.347 e. The number of aromatic nitrogens is 3. The first kappa shape index (κ1) is 19.9. The Morgan fingerprint density at radius 1 is 1.10 bits per heavy atom. The van der Waals surface area contributed by atoms with Crippen LogP contribution < -0.4 is 5.32 Å². The first-order chi connectivity index (χ1) is 14.0. The van der Waals surface area contributed by atoms with Gasteiger partial charge in [-0.25, -0.2) is 9.67 Å². The molecule has 0 atom stereocenters. The van der Waals surface area contributed by atoms with Gasteiger partial charge in [0.1, 0.15) is 0 Å². The lowest BCUT2D eigenvalue weighted by molar-refractivity contribution is 0.0917. The molecule has 0 unspecified atom stereocenters. The van der Waals surface area contributed by atoms with Crippen LogP contribution in [0.25, 0.3) is 17.1 Å². The monoisotopic (exact) mass is 428 g/mol. The summed E-state index contributed by atoms with van der Waals surface area (Å²) in [5.41, 5.74) is 2.48. The molecule has 5 nitrogen and oxygen atoms in total. The maximum atomic E-state index is 12.8. The lowest BCUT2D eigenvalue weighted by Gasteiger charge is -2.21. The number of carbonyl (C=O) groups is 1. The van der Waals surface area contributed by atoms with Gasteiger partial charge in [-0.3, -0.25) is 4.79 Å². The summed E-state index contributed by atoms with van der Waals surface area (Å²) in [6.45, 7) is 1.94. The minimum absolute atomic E-state index is 0.141. The molecular weight excluding hydrogens is 407 g/mol. The number of carbonyl (C=O) groups excluding carboxylic acids is 1. The van der Waals surface area contributed by atoms with E-state index >= 15 is 0 Å². The third-order valence-electron chi connectivity index (χ3n) is 5.23. The molecule has 7 heteroatoms. The molecule has 0 bridgehead atoms. The van der Waals surface area contributed by atoms with Crippen LogP contribution in [0.4, 0.5) is 0 Å². The highest BCUT2D eigenvalue weighted by Crippen LogP contribution is 2.26. The molecule has 150 valence electrons. The van der Waals surface area contributed by atoms with E-state index < -0.39 is 0 Å². The zero-order valence-corrected chi connectivity index (χ0v) is 17.7. The van der Waals surface area contributed by atoms with Crippen molar-refractivity contribution in [3.63, 3.8) is 0 Å². The van der Waals surface area contributed by atoms with Gasteiger partial charge in [0.15, 0.2) is 5.82 Å². The molecule has 1 N–H and O–H groups in total. The first-order valence-corrected chi connectivity index (χ1v) is 10.6. The van der Waals surface area contributed by atoms with Gasteiger partial charge in [-0.1, -0.05) is 60.7 Å². The Morgan fingerprint density at radius 2 is 1.90 bits per heavy atom. The van der Waals surface area contributed by atoms with Gasteiger partial charge < -0.3 is 5.32 Å². The van der Waals surface area contributed by atoms with Crippen molar-refractivity contribution < 1.29 is 4.79 Å². The number of benzene rings is 2. The van der Waals surface area contributed by atoms with E-state index in [-0.39, 0.29) is 17.8 Å². The number of nitrogens with zero attached hydrogens (tertiary/aromatic N) is 3. The summed E-state index contributed by atoms with van der Waals surface area (Å²) in [5, 5.41) is 8.81. The van der Waals surface area contributed by atoms with E-state index in [0.29, 0.717) is 15.9 Å². The van der Waals surface area contributed by atoms with Crippen LogP contribution >= 0.6 is 23.2 Å². The number of halogens is 2. The summed E-state index contributed by atoms with van der Waals surface area (Å²) in [6.07, 6.45) is 5.51. The molecule has 29 heavy (non-hydrogen) atoms. The van der Waals surface area contributed by atoms with Gasteiger partial charge in [-0.2, -0.15) is 0 Å². The molecule has 2 aromatic carbocycles. The van der Waals surface area contributed by atoms with E-state index in [0.717, 1.165) is 42.5 Å². The Hall–Kier alpha value is -2.37. The zero-order chi connectivity index (χ0) is 20.4. The predicted molar refractivity (Wildman–Crippen MR) is 116 cm³/mol. The van der Waals surface area contributed by atoms with Gasteiger partial charge in [0, 0.05) is 21.7 Å². The Labute approximate surface area is 180 Å². The van der Waals surface area contributed by atoms with Crippen molar-refractivity contribution in [1.82, 2.24) is 20.1 Å². The first-order valence-electron chi connectivity index (χ1n) is 9.81. The van der Waals surface area contributed by atoms with E-state index in [9.17, 15) is 4.79 Å².